The molecular formula is C15H20N2O2. The van der Waals surface area contributed by atoms with Crippen molar-refractivity contribution >= 4 is 16.8 Å². The van der Waals surface area contributed by atoms with Crippen LogP contribution >= 0.6 is 0 Å². The SMILES string of the molecule is CCOc1ccc2c(c1)c(CCNC(C)=O)cn2C. The Morgan fingerprint density at radius 1 is 1.42 bits per heavy atom. The molecule has 2 aromatic rings. The number of aromatic nitrogens is 1. The second-order valence-corrected chi connectivity index (χ2v) is 4.61. The molecule has 4 nitrogen and oxygen atoms in total. The zero-order valence-corrected chi connectivity index (χ0v) is 11.7. The van der Waals surface area contributed by atoms with Gasteiger partial charge in [0.25, 0.3) is 0 Å². The van der Waals surface area contributed by atoms with E-state index < -0.39 is 0 Å². The van der Waals surface area contributed by atoms with Crippen LogP contribution in [-0.4, -0.2) is 23.6 Å². The molecule has 4 heteroatoms. The van der Waals surface area contributed by atoms with Crippen molar-refractivity contribution in [2.45, 2.75) is 20.3 Å². The maximum absolute atomic E-state index is 10.9. The zero-order valence-electron chi connectivity index (χ0n) is 11.7. The van der Waals surface area contributed by atoms with E-state index in [4.69, 9.17) is 4.74 Å². The number of nitrogens with zero attached hydrogens (tertiary/aromatic N) is 1. The Labute approximate surface area is 113 Å². The van der Waals surface area contributed by atoms with E-state index in [9.17, 15) is 4.79 Å². The van der Waals surface area contributed by atoms with Gasteiger partial charge in [0.15, 0.2) is 0 Å². The highest BCUT2D eigenvalue weighted by atomic mass is 16.5. The summed E-state index contributed by atoms with van der Waals surface area (Å²) in [5, 5.41) is 4.02. The van der Waals surface area contributed by atoms with Crippen LogP contribution in [0.5, 0.6) is 5.75 Å². The lowest BCUT2D eigenvalue weighted by atomic mass is 10.1. The molecule has 0 unspecified atom stereocenters. The fourth-order valence-corrected chi connectivity index (χ4v) is 2.28. The zero-order chi connectivity index (χ0) is 13.8. The fourth-order valence-electron chi connectivity index (χ4n) is 2.28. The van der Waals surface area contributed by atoms with E-state index in [1.165, 1.54) is 23.4 Å². The van der Waals surface area contributed by atoms with Gasteiger partial charge in [-0.1, -0.05) is 0 Å². The van der Waals surface area contributed by atoms with Crippen molar-refractivity contribution in [2.75, 3.05) is 13.2 Å². The van der Waals surface area contributed by atoms with Crippen LogP contribution in [0.3, 0.4) is 0 Å². The number of hydrogen-bond acceptors (Lipinski definition) is 2. The molecule has 0 saturated heterocycles. The van der Waals surface area contributed by atoms with Crippen LogP contribution < -0.4 is 10.1 Å². The average Bonchev–Trinajstić information content (AvgIpc) is 2.66. The van der Waals surface area contributed by atoms with Gasteiger partial charge in [-0.15, -0.1) is 0 Å². The van der Waals surface area contributed by atoms with Crippen LogP contribution in [0.4, 0.5) is 0 Å². The van der Waals surface area contributed by atoms with Crippen molar-refractivity contribution < 1.29 is 9.53 Å². The second-order valence-electron chi connectivity index (χ2n) is 4.61. The third-order valence-corrected chi connectivity index (χ3v) is 3.12. The third kappa shape index (κ3) is 3.08. The number of amides is 1. The van der Waals surface area contributed by atoms with Crippen LogP contribution in [0.2, 0.25) is 0 Å². The molecule has 102 valence electrons. The largest absolute Gasteiger partial charge is 0.494 e. The van der Waals surface area contributed by atoms with E-state index in [1.807, 2.05) is 20.0 Å². The van der Waals surface area contributed by atoms with E-state index in [-0.39, 0.29) is 5.91 Å². The van der Waals surface area contributed by atoms with Crippen molar-refractivity contribution in [2.24, 2.45) is 7.05 Å². The molecule has 1 amide bonds. The molecule has 1 aromatic heterocycles. The number of aryl methyl sites for hydroxylation is 1. The van der Waals surface area contributed by atoms with Gasteiger partial charge in [0.05, 0.1) is 6.61 Å². The van der Waals surface area contributed by atoms with E-state index in [1.54, 1.807) is 0 Å². The number of fused-ring (bicyclic) bond motifs is 1. The predicted molar refractivity (Wildman–Crippen MR) is 76.5 cm³/mol. The molecule has 0 saturated carbocycles. The van der Waals surface area contributed by atoms with E-state index in [0.29, 0.717) is 13.2 Å². The number of carbonyl (C=O) groups excluding carboxylic acids is 1. The predicted octanol–water partition coefficient (Wildman–Crippen LogP) is 2.26. The number of hydrogen-bond donors (Lipinski definition) is 1. The van der Waals surface area contributed by atoms with Crippen molar-refractivity contribution in [1.82, 2.24) is 9.88 Å². The van der Waals surface area contributed by atoms with Crippen LogP contribution in [0.15, 0.2) is 24.4 Å². The second kappa shape index (κ2) is 5.78. The number of benzene rings is 1. The highest BCUT2D eigenvalue weighted by molar-refractivity contribution is 5.85. The Balaban J connectivity index is 2.26. The van der Waals surface area contributed by atoms with Crippen molar-refractivity contribution in [3.8, 4) is 5.75 Å². The lowest BCUT2D eigenvalue weighted by Crippen LogP contribution is -2.22. The molecule has 0 spiro atoms. The van der Waals surface area contributed by atoms with Gasteiger partial charge >= 0.3 is 0 Å². The first kappa shape index (κ1) is 13.5. The molecule has 0 aliphatic carbocycles. The molecule has 0 radical (unpaired) electrons. The van der Waals surface area contributed by atoms with Gasteiger partial charge in [-0.3, -0.25) is 4.79 Å². The highest BCUT2D eigenvalue weighted by Crippen LogP contribution is 2.25. The van der Waals surface area contributed by atoms with E-state index >= 15 is 0 Å². The smallest absolute Gasteiger partial charge is 0.216 e. The molecule has 0 bridgehead atoms. The minimum absolute atomic E-state index is 0.00948. The van der Waals surface area contributed by atoms with Gasteiger partial charge < -0.3 is 14.6 Å². The lowest BCUT2D eigenvalue weighted by Gasteiger charge is -2.05. The minimum Gasteiger partial charge on any atom is -0.494 e. The molecule has 0 atom stereocenters. The van der Waals surface area contributed by atoms with Crippen molar-refractivity contribution in [1.29, 1.82) is 0 Å². The fraction of sp³-hybridized carbons (Fsp3) is 0.400. The lowest BCUT2D eigenvalue weighted by molar-refractivity contribution is -0.118. The normalized spacial score (nSPS) is 10.7. The molecule has 1 N–H and O–H groups in total. The van der Waals surface area contributed by atoms with E-state index in [0.717, 1.165) is 12.2 Å². The first-order valence-electron chi connectivity index (χ1n) is 6.57. The van der Waals surface area contributed by atoms with Gasteiger partial charge in [-0.2, -0.15) is 0 Å². The summed E-state index contributed by atoms with van der Waals surface area (Å²) in [6.45, 7) is 4.84. The Morgan fingerprint density at radius 2 is 2.21 bits per heavy atom. The molecular weight excluding hydrogens is 240 g/mol. The summed E-state index contributed by atoms with van der Waals surface area (Å²) in [5.74, 6) is 0.900. The van der Waals surface area contributed by atoms with Gasteiger partial charge in [0.2, 0.25) is 5.91 Å². The molecule has 0 fully saturated rings. The van der Waals surface area contributed by atoms with Gasteiger partial charge in [0.1, 0.15) is 5.75 Å². The number of rotatable bonds is 5. The van der Waals surface area contributed by atoms with Crippen molar-refractivity contribution in [3.05, 3.63) is 30.0 Å². The first-order valence-corrected chi connectivity index (χ1v) is 6.57. The topological polar surface area (TPSA) is 43.3 Å². The maximum atomic E-state index is 10.9. The van der Waals surface area contributed by atoms with Gasteiger partial charge in [-0.25, -0.2) is 0 Å². The molecule has 1 heterocycles. The first-order chi connectivity index (χ1) is 9.11. The summed E-state index contributed by atoms with van der Waals surface area (Å²) in [5.41, 5.74) is 2.41. The number of carbonyl (C=O) groups is 1. The summed E-state index contributed by atoms with van der Waals surface area (Å²) in [7, 11) is 2.03. The standard InChI is InChI=1S/C15H20N2O2/c1-4-19-13-5-6-15-14(9-13)12(10-17(15)3)7-8-16-11(2)18/h5-6,9-10H,4,7-8H2,1-3H3,(H,16,18). The molecule has 0 aliphatic heterocycles. The summed E-state index contributed by atoms with van der Waals surface area (Å²) >= 11 is 0. The summed E-state index contributed by atoms with van der Waals surface area (Å²) in [6.07, 6.45) is 2.94. The van der Waals surface area contributed by atoms with Crippen LogP contribution in [0, 0.1) is 0 Å². The molecule has 0 aliphatic rings. The molecule has 1 aromatic carbocycles. The monoisotopic (exact) mass is 260 g/mol. The Kier molecular flexibility index (Phi) is 4.10. The summed E-state index contributed by atoms with van der Waals surface area (Å²) in [4.78, 5) is 10.9. The Morgan fingerprint density at radius 3 is 2.89 bits per heavy atom. The van der Waals surface area contributed by atoms with Gasteiger partial charge in [0, 0.05) is 37.6 Å². The average molecular weight is 260 g/mol. The van der Waals surface area contributed by atoms with Crippen LogP contribution in [0.25, 0.3) is 10.9 Å². The third-order valence-electron chi connectivity index (χ3n) is 3.12. The number of nitrogens with one attached hydrogen (secondary N) is 1. The number of ether oxygens (including phenoxy) is 1. The van der Waals surface area contributed by atoms with E-state index in [2.05, 4.69) is 28.2 Å². The summed E-state index contributed by atoms with van der Waals surface area (Å²) in [6, 6.07) is 6.13. The quantitative estimate of drug-likeness (QED) is 0.896. The van der Waals surface area contributed by atoms with Gasteiger partial charge in [-0.05, 0) is 37.1 Å². The summed E-state index contributed by atoms with van der Waals surface area (Å²) < 4.78 is 7.65. The Hall–Kier alpha value is -1.97. The Bertz CT molecular complexity index is 587. The maximum Gasteiger partial charge on any atom is 0.216 e. The van der Waals surface area contributed by atoms with Crippen LogP contribution in [0.1, 0.15) is 19.4 Å². The minimum atomic E-state index is 0.00948. The molecule has 2 rings (SSSR count). The van der Waals surface area contributed by atoms with Crippen molar-refractivity contribution in [3.63, 3.8) is 0 Å². The molecule has 19 heavy (non-hydrogen) atoms. The highest BCUT2D eigenvalue weighted by Gasteiger charge is 2.08. The van der Waals surface area contributed by atoms with Crippen LogP contribution in [-0.2, 0) is 18.3 Å².